The first-order valence-corrected chi connectivity index (χ1v) is 8.96. The zero-order chi connectivity index (χ0) is 14.7. The zero-order valence-electron chi connectivity index (χ0n) is 12.6. The third-order valence-electron chi connectivity index (χ3n) is 4.60. The summed E-state index contributed by atoms with van der Waals surface area (Å²) in [6.07, 6.45) is 4.39. The van der Waals surface area contributed by atoms with E-state index in [1.807, 2.05) is 36.9 Å². The fourth-order valence-electron chi connectivity index (χ4n) is 3.35. The largest absolute Gasteiger partial charge is 0.490 e. The number of hydrogen-bond acceptors (Lipinski definition) is 4. The van der Waals surface area contributed by atoms with E-state index in [-0.39, 0.29) is 18.3 Å². The third kappa shape index (κ3) is 3.38. The average molecular weight is 308 g/mol. The lowest BCUT2D eigenvalue weighted by Gasteiger charge is -2.43. The molecule has 0 aliphatic carbocycles. The molecule has 0 bridgehead atoms. The molecule has 1 atom stereocenters. The molecule has 1 aromatic rings. The Labute approximate surface area is 131 Å². The van der Waals surface area contributed by atoms with Crippen LogP contribution in [0, 0.1) is 6.92 Å². The summed E-state index contributed by atoms with van der Waals surface area (Å²) in [6.45, 7) is 2.86. The van der Waals surface area contributed by atoms with E-state index < -0.39 is 0 Å². The molecule has 1 aromatic carbocycles. The van der Waals surface area contributed by atoms with Gasteiger partial charge in [0.25, 0.3) is 0 Å². The number of para-hydroxylation sites is 1. The van der Waals surface area contributed by atoms with Crippen LogP contribution in [0.25, 0.3) is 0 Å². The SMILES string of the molecule is Cc1cccc(CO)c1OC1CCOC2(CCSCC2)C1. The lowest BCUT2D eigenvalue weighted by atomic mass is 9.86. The quantitative estimate of drug-likeness (QED) is 0.930. The summed E-state index contributed by atoms with van der Waals surface area (Å²) in [5.41, 5.74) is 2.02. The van der Waals surface area contributed by atoms with Crippen molar-refractivity contribution in [2.75, 3.05) is 18.1 Å². The molecule has 0 saturated carbocycles. The van der Waals surface area contributed by atoms with Gasteiger partial charge >= 0.3 is 0 Å². The lowest BCUT2D eigenvalue weighted by Crippen LogP contribution is -2.46. The van der Waals surface area contributed by atoms with Gasteiger partial charge in [-0.05, 0) is 36.8 Å². The van der Waals surface area contributed by atoms with Crippen molar-refractivity contribution in [2.45, 2.75) is 50.9 Å². The Hall–Kier alpha value is -0.710. The van der Waals surface area contributed by atoms with Crippen LogP contribution in [0.5, 0.6) is 5.75 Å². The number of thioether (sulfide) groups is 1. The molecule has 3 rings (SSSR count). The van der Waals surface area contributed by atoms with Crippen LogP contribution in [0.2, 0.25) is 0 Å². The number of aliphatic hydroxyl groups is 1. The molecule has 3 nitrogen and oxygen atoms in total. The fraction of sp³-hybridized carbons (Fsp3) is 0.647. The summed E-state index contributed by atoms with van der Waals surface area (Å²) in [5, 5.41) is 9.51. The van der Waals surface area contributed by atoms with Crippen molar-refractivity contribution in [1.82, 2.24) is 0 Å². The molecule has 0 amide bonds. The van der Waals surface area contributed by atoms with Crippen molar-refractivity contribution in [3.8, 4) is 5.75 Å². The molecule has 2 fully saturated rings. The van der Waals surface area contributed by atoms with Gasteiger partial charge < -0.3 is 14.6 Å². The highest BCUT2D eigenvalue weighted by Gasteiger charge is 2.39. The Morgan fingerprint density at radius 1 is 1.38 bits per heavy atom. The van der Waals surface area contributed by atoms with Crippen LogP contribution in [0.4, 0.5) is 0 Å². The van der Waals surface area contributed by atoms with Gasteiger partial charge in [0.15, 0.2) is 0 Å². The summed E-state index contributed by atoms with van der Waals surface area (Å²) in [6, 6.07) is 5.95. The van der Waals surface area contributed by atoms with Gasteiger partial charge in [0, 0.05) is 18.4 Å². The summed E-state index contributed by atoms with van der Waals surface area (Å²) >= 11 is 2.02. The Morgan fingerprint density at radius 2 is 2.19 bits per heavy atom. The number of aryl methyl sites for hydroxylation is 1. The Bertz CT molecular complexity index is 477. The molecule has 116 valence electrons. The first kappa shape index (κ1) is 15.2. The van der Waals surface area contributed by atoms with E-state index >= 15 is 0 Å². The molecule has 2 aliphatic rings. The van der Waals surface area contributed by atoms with Crippen molar-refractivity contribution in [1.29, 1.82) is 0 Å². The molecule has 4 heteroatoms. The molecular weight excluding hydrogens is 284 g/mol. The van der Waals surface area contributed by atoms with Crippen molar-refractivity contribution in [3.05, 3.63) is 29.3 Å². The maximum atomic E-state index is 9.51. The lowest BCUT2D eigenvalue weighted by molar-refractivity contribution is -0.116. The van der Waals surface area contributed by atoms with Crippen LogP contribution in [0.1, 0.15) is 36.8 Å². The monoisotopic (exact) mass is 308 g/mol. The number of ether oxygens (including phenoxy) is 2. The minimum absolute atomic E-state index is 0.0298. The topological polar surface area (TPSA) is 38.7 Å². The van der Waals surface area contributed by atoms with E-state index in [0.29, 0.717) is 0 Å². The van der Waals surface area contributed by atoms with Gasteiger partial charge in [-0.25, -0.2) is 0 Å². The van der Waals surface area contributed by atoms with Crippen molar-refractivity contribution in [3.63, 3.8) is 0 Å². The van der Waals surface area contributed by atoms with Gasteiger partial charge in [0.2, 0.25) is 0 Å². The van der Waals surface area contributed by atoms with E-state index in [0.717, 1.165) is 49.2 Å². The Kier molecular flexibility index (Phi) is 4.77. The number of aliphatic hydroxyl groups excluding tert-OH is 1. The smallest absolute Gasteiger partial charge is 0.128 e. The Morgan fingerprint density at radius 3 is 2.95 bits per heavy atom. The first-order chi connectivity index (χ1) is 10.2. The second kappa shape index (κ2) is 6.59. The maximum absolute atomic E-state index is 9.51. The first-order valence-electron chi connectivity index (χ1n) is 7.80. The van der Waals surface area contributed by atoms with Crippen LogP contribution in [0.3, 0.4) is 0 Å². The van der Waals surface area contributed by atoms with Gasteiger partial charge in [0.1, 0.15) is 11.9 Å². The summed E-state index contributed by atoms with van der Waals surface area (Å²) in [5.74, 6) is 3.25. The van der Waals surface area contributed by atoms with Gasteiger partial charge in [-0.3, -0.25) is 0 Å². The summed E-state index contributed by atoms with van der Waals surface area (Å²) in [4.78, 5) is 0. The minimum Gasteiger partial charge on any atom is -0.490 e. The van der Waals surface area contributed by atoms with Crippen molar-refractivity contribution in [2.24, 2.45) is 0 Å². The summed E-state index contributed by atoms with van der Waals surface area (Å²) < 4.78 is 12.4. The van der Waals surface area contributed by atoms with E-state index in [4.69, 9.17) is 9.47 Å². The predicted molar refractivity (Wildman–Crippen MR) is 86.0 cm³/mol. The van der Waals surface area contributed by atoms with E-state index in [1.54, 1.807) is 0 Å². The standard InChI is InChI=1S/C17H24O3S/c1-13-3-2-4-14(12-18)16(13)20-15-5-8-19-17(11-15)6-9-21-10-7-17/h2-4,15,18H,5-12H2,1H3. The van der Waals surface area contributed by atoms with Crippen molar-refractivity contribution < 1.29 is 14.6 Å². The fourth-order valence-corrected chi connectivity index (χ4v) is 4.59. The molecule has 0 radical (unpaired) electrons. The van der Waals surface area contributed by atoms with Gasteiger partial charge in [0.05, 0.1) is 18.8 Å². The van der Waals surface area contributed by atoms with E-state index in [9.17, 15) is 5.11 Å². The molecule has 1 unspecified atom stereocenters. The highest BCUT2D eigenvalue weighted by atomic mass is 32.2. The van der Waals surface area contributed by atoms with Crippen LogP contribution >= 0.6 is 11.8 Å². The number of rotatable bonds is 3. The average Bonchev–Trinajstić information content (AvgIpc) is 2.50. The predicted octanol–water partition coefficient (Wildman–Crippen LogP) is 3.31. The van der Waals surface area contributed by atoms with E-state index in [2.05, 4.69) is 0 Å². The summed E-state index contributed by atoms with van der Waals surface area (Å²) in [7, 11) is 0. The molecule has 2 heterocycles. The van der Waals surface area contributed by atoms with Gasteiger partial charge in [-0.15, -0.1) is 0 Å². The van der Waals surface area contributed by atoms with Gasteiger partial charge in [-0.2, -0.15) is 11.8 Å². The van der Waals surface area contributed by atoms with Crippen LogP contribution in [0.15, 0.2) is 18.2 Å². The van der Waals surface area contributed by atoms with Crippen molar-refractivity contribution >= 4 is 11.8 Å². The minimum atomic E-state index is 0.0298. The van der Waals surface area contributed by atoms with Crippen LogP contribution in [-0.4, -0.2) is 34.9 Å². The number of hydrogen-bond donors (Lipinski definition) is 1. The maximum Gasteiger partial charge on any atom is 0.128 e. The molecule has 2 aliphatic heterocycles. The highest BCUT2D eigenvalue weighted by molar-refractivity contribution is 7.99. The molecule has 21 heavy (non-hydrogen) atoms. The molecule has 0 aromatic heterocycles. The van der Waals surface area contributed by atoms with Crippen LogP contribution < -0.4 is 4.74 Å². The van der Waals surface area contributed by atoms with Gasteiger partial charge in [-0.1, -0.05) is 18.2 Å². The molecule has 1 spiro atoms. The highest BCUT2D eigenvalue weighted by Crippen LogP contribution is 2.39. The van der Waals surface area contributed by atoms with E-state index in [1.165, 1.54) is 11.5 Å². The molecule has 2 saturated heterocycles. The Balaban J connectivity index is 1.73. The molecular formula is C17H24O3S. The second-order valence-electron chi connectivity index (χ2n) is 6.10. The third-order valence-corrected chi connectivity index (χ3v) is 5.59. The zero-order valence-corrected chi connectivity index (χ0v) is 13.5. The molecule has 1 N–H and O–H groups in total. The normalized spacial score (nSPS) is 25.0. The van der Waals surface area contributed by atoms with Crippen LogP contribution in [-0.2, 0) is 11.3 Å². The second-order valence-corrected chi connectivity index (χ2v) is 7.32. The number of benzene rings is 1.